The molecule has 0 aliphatic carbocycles. The van der Waals surface area contributed by atoms with Crippen molar-refractivity contribution in [3.05, 3.63) is 95.1 Å². The van der Waals surface area contributed by atoms with Gasteiger partial charge in [-0.2, -0.15) is 0 Å². The summed E-state index contributed by atoms with van der Waals surface area (Å²) in [6.07, 6.45) is 1.51. The van der Waals surface area contributed by atoms with Crippen molar-refractivity contribution < 1.29 is 19.1 Å². The zero-order valence-electron chi connectivity index (χ0n) is 21.1. The summed E-state index contributed by atoms with van der Waals surface area (Å²) in [6.45, 7) is 5.43. The van der Waals surface area contributed by atoms with E-state index >= 15 is 0 Å². The van der Waals surface area contributed by atoms with Crippen LogP contribution in [0.5, 0.6) is 5.75 Å². The summed E-state index contributed by atoms with van der Waals surface area (Å²) in [5.41, 5.74) is 3.61. The second kappa shape index (κ2) is 10.5. The normalized spacial score (nSPS) is 17.6. The lowest BCUT2D eigenvalue weighted by molar-refractivity contribution is -0.122. The quantitative estimate of drug-likeness (QED) is 0.512. The molecule has 0 unspecified atom stereocenters. The SMILES string of the molecule is CCOc1ccc([C@@H](C)NC(=O)c2ccc(CN3C(=O)[C@H]4CCCN4C(=O)c4ccccc43)cc2)cc1. The van der Waals surface area contributed by atoms with E-state index in [1.165, 1.54) is 0 Å². The van der Waals surface area contributed by atoms with E-state index in [0.717, 1.165) is 23.3 Å². The Labute approximate surface area is 217 Å². The number of para-hydroxylation sites is 1. The third-order valence-electron chi connectivity index (χ3n) is 7.09. The molecule has 0 bridgehead atoms. The van der Waals surface area contributed by atoms with E-state index in [1.54, 1.807) is 28.0 Å². The van der Waals surface area contributed by atoms with Gasteiger partial charge in [-0.3, -0.25) is 14.4 Å². The Kier molecular flexibility index (Phi) is 6.95. The van der Waals surface area contributed by atoms with Gasteiger partial charge in [-0.25, -0.2) is 0 Å². The zero-order chi connectivity index (χ0) is 25.9. The van der Waals surface area contributed by atoms with Crippen molar-refractivity contribution in [3.8, 4) is 5.75 Å². The molecule has 3 aromatic rings. The number of nitrogens with zero attached hydrogens (tertiary/aromatic N) is 2. The second-order valence-corrected chi connectivity index (χ2v) is 9.49. The van der Waals surface area contributed by atoms with E-state index in [9.17, 15) is 14.4 Å². The molecule has 3 aromatic carbocycles. The molecule has 7 nitrogen and oxygen atoms in total. The fourth-order valence-electron chi connectivity index (χ4n) is 5.10. The van der Waals surface area contributed by atoms with E-state index in [0.29, 0.717) is 42.9 Å². The average Bonchev–Trinajstić information content (AvgIpc) is 3.39. The molecule has 2 aliphatic rings. The number of carbonyl (C=O) groups is 3. The number of carbonyl (C=O) groups excluding carboxylic acids is 3. The highest BCUT2D eigenvalue weighted by molar-refractivity contribution is 6.11. The van der Waals surface area contributed by atoms with Gasteiger partial charge in [0, 0.05) is 12.1 Å². The molecule has 2 heterocycles. The van der Waals surface area contributed by atoms with Gasteiger partial charge >= 0.3 is 0 Å². The Hall–Kier alpha value is -4.13. The summed E-state index contributed by atoms with van der Waals surface area (Å²) < 4.78 is 5.48. The van der Waals surface area contributed by atoms with Gasteiger partial charge in [0.05, 0.1) is 30.4 Å². The Bertz CT molecular complexity index is 1300. The lowest BCUT2D eigenvalue weighted by Gasteiger charge is -2.26. The van der Waals surface area contributed by atoms with Crippen LogP contribution < -0.4 is 15.0 Å². The Morgan fingerprint density at radius 1 is 1.03 bits per heavy atom. The van der Waals surface area contributed by atoms with E-state index in [2.05, 4.69) is 5.32 Å². The summed E-state index contributed by atoms with van der Waals surface area (Å²) in [7, 11) is 0. The van der Waals surface area contributed by atoms with Crippen LogP contribution in [0.1, 0.15) is 64.6 Å². The van der Waals surface area contributed by atoms with E-state index in [-0.39, 0.29) is 23.8 Å². The minimum Gasteiger partial charge on any atom is -0.494 e. The smallest absolute Gasteiger partial charge is 0.256 e. The fourth-order valence-corrected chi connectivity index (χ4v) is 5.10. The lowest BCUT2D eigenvalue weighted by Crippen LogP contribution is -2.44. The first-order valence-electron chi connectivity index (χ1n) is 12.8. The van der Waals surface area contributed by atoms with Gasteiger partial charge in [-0.15, -0.1) is 0 Å². The topological polar surface area (TPSA) is 79.0 Å². The van der Waals surface area contributed by atoms with Gasteiger partial charge in [-0.1, -0.05) is 36.4 Å². The highest BCUT2D eigenvalue weighted by Crippen LogP contribution is 2.33. The third kappa shape index (κ3) is 4.94. The van der Waals surface area contributed by atoms with Gasteiger partial charge < -0.3 is 19.9 Å². The van der Waals surface area contributed by atoms with Crippen LogP contribution in [0.2, 0.25) is 0 Å². The number of amides is 3. The monoisotopic (exact) mass is 497 g/mol. The highest BCUT2D eigenvalue weighted by Gasteiger charge is 2.41. The minimum absolute atomic E-state index is 0.0539. The fraction of sp³-hybridized carbons (Fsp3) is 0.300. The second-order valence-electron chi connectivity index (χ2n) is 9.49. The summed E-state index contributed by atoms with van der Waals surface area (Å²) in [5.74, 6) is 0.497. The Morgan fingerprint density at radius 2 is 1.76 bits per heavy atom. The van der Waals surface area contributed by atoms with Crippen LogP contribution in [-0.2, 0) is 11.3 Å². The van der Waals surface area contributed by atoms with E-state index in [1.807, 2.05) is 68.4 Å². The molecule has 0 radical (unpaired) electrons. The van der Waals surface area contributed by atoms with E-state index < -0.39 is 6.04 Å². The molecule has 0 aromatic heterocycles. The highest BCUT2D eigenvalue weighted by atomic mass is 16.5. The zero-order valence-corrected chi connectivity index (χ0v) is 21.1. The molecule has 1 fully saturated rings. The molecule has 1 saturated heterocycles. The summed E-state index contributed by atoms with van der Waals surface area (Å²) in [5, 5.41) is 3.04. The van der Waals surface area contributed by atoms with Crippen LogP contribution in [0.15, 0.2) is 72.8 Å². The molecule has 7 heteroatoms. The standard InChI is InChI=1S/C30H31N3O4/c1-3-37-24-16-14-22(15-17-24)20(2)31-28(34)23-12-10-21(11-13-23)19-33-26-8-5-4-7-25(26)29(35)32-18-6-9-27(32)30(33)36/h4-5,7-8,10-17,20,27H,3,6,9,18-19H2,1-2H3,(H,31,34)/t20-,27-/m1/s1. The van der Waals surface area contributed by atoms with Crippen LogP contribution in [-0.4, -0.2) is 41.8 Å². The van der Waals surface area contributed by atoms with Crippen molar-refractivity contribution >= 4 is 23.4 Å². The number of benzene rings is 3. The molecular weight excluding hydrogens is 466 g/mol. The Morgan fingerprint density at radius 3 is 2.49 bits per heavy atom. The largest absolute Gasteiger partial charge is 0.494 e. The first-order chi connectivity index (χ1) is 18.0. The van der Waals surface area contributed by atoms with Crippen LogP contribution in [0.4, 0.5) is 5.69 Å². The average molecular weight is 498 g/mol. The van der Waals surface area contributed by atoms with Crippen LogP contribution in [0.25, 0.3) is 0 Å². The van der Waals surface area contributed by atoms with Crippen molar-refractivity contribution in [2.24, 2.45) is 0 Å². The van der Waals surface area contributed by atoms with Gasteiger partial charge in [0.1, 0.15) is 11.8 Å². The Balaban J connectivity index is 1.30. The van der Waals surface area contributed by atoms with Gasteiger partial charge in [0.15, 0.2) is 0 Å². The molecule has 5 rings (SSSR count). The maximum atomic E-state index is 13.5. The van der Waals surface area contributed by atoms with Crippen molar-refractivity contribution in [1.29, 1.82) is 0 Å². The summed E-state index contributed by atoms with van der Waals surface area (Å²) in [4.78, 5) is 42.9. The molecule has 37 heavy (non-hydrogen) atoms. The van der Waals surface area contributed by atoms with Crippen LogP contribution >= 0.6 is 0 Å². The number of anilines is 1. The molecule has 2 aliphatic heterocycles. The molecule has 0 spiro atoms. The molecule has 1 N–H and O–H groups in total. The predicted octanol–water partition coefficient (Wildman–Crippen LogP) is 4.73. The maximum absolute atomic E-state index is 13.5. The van der Waals surface area contributed by atoms with Gasteiger partial charge in [0.25, 0.3) is 11.8 Å². The lowest BCUT2D eigenvalue weighted by atomic mass is 10.1. The first-order valence-corrected chi connectivity index (χ1v) is 12.8. The summed E-state index contributed by atoms with van der Waals surface area (Å²) in [6, 6.07) is 21.7. The number of hydrogen-bond acceptors (Lipinski definition) is 4. The van der Waals surface area contributed by atoms with Gasteiger partial charge in [0.2, 0.25) is 5.91 Å². The summed E-state index contributed by atoms with van der Waals surface area (Å²) >= 11 is 0. The number of hydrogen-bond donors (Lipinski definition) is 1. The van der Waals surface area contributed by atoms with Crippen LogP contribution in [0.3, 0.4) is 0 Å². The molecule has 190 valence electrons. The molecule has 2 atom stereocenters. The molecule has 0 saturated carbocycles. The van der Waals surface area contributed by atoms with Crippen molar-refractivity contribution in [2.75, 3.05) is 18.1 Å². The molecule has 3 amide bonds. The predicted molar refractivity (Wildman–Crippen MR) is 142 cm³/mol. The number of ether oxygens (including phenoxy) is 1. The third-order valence-corrected chi connectivity index (χ3v) is 7.09. The number of nitrogens with one attached hydrogen (secondary N) is 1. The van der Waals surface area contributed by atoms with Crippen molar-refractivity contribution in [3.63, 3.8) is 0 Å². The first kappa shape index (κ1) is 24.6. The maximum Gasteiger partial charge on any atom is 0.256 e. The number of fused-ring (bicyclic) bond motifs is 2. The van der Waals surface area contributed by atoms with Crippen LogP contribution in [0, 0.1) is 0 Å². The molecular formula is C30H31N3O4. The van der Waals surface area contributed by atoms with Crippen molar-refractivity contribution in [2.45, 2.75) is 45.3 Å². The number of rotatable bonds is 7. The van der Waals surface area contributed by atoms with Crippen molar-refractivity contribution in [1.82, 2.24) is 10.2 Å². The van der Waals surface area contributed by atoms with E-state index in [4.69, 9.17) is 4.74 Å². The van der Waals surface area contributed by atoms with Gasteiger partial charge in [-0.05, 0) is 74.2 Å². The minimum atomic E-state index is -0.422.